The number of ketones is 1. The SMILES string of the molecule is CCN(CC)C1CCN(CCCCC(C)=O)C1. The molecule has 0 amide bonds. The van der Waals surface area contributed by atoms with Crippen LogP contribution in [-0.2, 0) is 4.79 Å². The Bertz CT molecular complexity index is 226. The summed E-state index contributed by atoms with van der Waals surface area (Å²) < 4.78 is 0. The first-order valence-electron chi connectivity index (χ1n) is 7.13. The van der Waals surface area contributed by atoms with Crippen molar-refractivity contribution in [1.29, 1.82) is 0 Å². The standard InChI is InChI=1S/C14H28N2O/c1-4-16(5-2)14-9-11-15(12-14)10-7-6-8-13(3)17/h14H,4-12H2,1-3H3. The van der Waals surface area contributed by atoms with Crippen LogP contribution in [0, 0.1) is 0 Å². The van der Waals surface area contributed by atoms with Gasteiger partial charge in [-0.2, -0.15) is 0 Å². The lowest BCUT2D eigenvalue weighted by molar-refractivity contribution is -0.117. The van der Waals surface area contributed by atoms with Gasteiger partial charge in [-0.1, -0.05) is 13.8 Å². The number of carbonyl (C=O) groups is 1. The molecule has 1 aliphatic rings. The van der Waals surface area contributed by atoms with Gasteiger partial charge in [0.2, 0.25) is 0 Å². The molecule has 1 rings (SSSR count). The van der Waals surface area contributed by atoms with E-state index in [0.29, 0.717) is 5.78 Å². The summed E-state index contributed by atoms with van der Waals surface area (Å²) in [5.41, 5.74) is 0. The second kappa shape index (κ2) is 7.83. The van der Waals surface area contributed by atoms with E-state index >= 15 is 0 Å². The quantitative estimate of drug-likeness (QED) is 0.607. The number of nitrogens with zero attached hydrogens (tertiary/aromatic N) is 2. The second-order valence-electron chi connectivity index (χ2n) is 5.12. The summed E-state index contributed by atoms with van der Waals surface area (Å²) >= 11 is 0. The molecule has 0 aliphatic carbocycles. The first-order valence-corrected chi connectivity index (χ1v) is 7.13. The Morgan fingerprint density at radius 3 is 2.59 bits per heavy atom. The van der Waals surface area contributed by atoms with Gasteiger partial charge in [0.15, 0.2) is 0 Å². The predicted octanol–water partition coefficient (Wildman–Crippen LogP) is 2.16. The van der Waals surface area contributed by atoms with Crippen molar-refractivity contribution in [2.45, 2.75) is 52.5 Å². The highest BCUT2D eigenvalue weighted by molar-refractivity contribution is 5.75. The van der Waals surface area contributed by atoms with Gasteiger partial charge in [0.05, 0.1) is 0 Å². The van der Waals surface area contributed by atoms with E-state index in [1.807, 2.05) is 0 Å². The fourth-order valence-electron chi connectivity index (χ4n) is 2.76. The van der Waals surface area contributed by atoms with E-state index in [9.17, 15) is 4.79 Å². The lowest BCUT2D eigenvalue weighted by atomic mass is 10.2. The van der Waals surface area contributed by atoms with Crippen molar-refractivity contribution < 1.29 is 4.79 Å². The zero-order chi connectivity index (χ0) is 12.7. The maximum absolute atomic E-state index is 10.8. The summed E-state index contributed by atoms with van der Waals surface area (Å²) in [5.74, 6) is 0.326. The number of hydrogen-bond donors (Lipinski definition) is 0. The van der Waals surface area contributed by atoms with Crippen molar-refractivity contribution in [1.82, 2.24) is 9.80 Å². The van der Waals surface area contributed by atoms with Crippen molar-refractivity contribution in [3.05, 3.63) is 0 Å². The fourth-order valence-corrected chi connectivity index (χ4v) is 2.76. The molecule has 0 aromatic carbocycles. The van der Waals surface area contributed by atoms with Crippen LogP contribution < -0.4 is 0 Å². The maximum Gasteiger partial charge on any atom is 0.129 e. The molecule has 1 atom stereocenters. The van der Waals surface area contributed by atoms with E-state index in [0.717, 1.165) is 18.9 Å². The van der Waals surface area contributed by atoms with Gasteiger partial charge in [0, 0.05) is 19.0 Å². The lowest BCUT2D eigenvalue weighted by Gasteiger charge is -2.26. The Morgan fingerprint density at radius 2 is 2.00 bits per heavy atom. The molecule has 0 bridgehead atoms. The van der Waals surface area contributed by atoms with Gasteiger partial charge >= 0.3 is 0 Å². The Balaban J connectivity index is 2.15. The van der Waals surface area contributed by atoms with Crippen molar-refractivity contribution in [2.75, 3.05) is 32.7 Å². The molecule has 0 aromatic heterocycles. The molecule has 0 N–H and O–H groups in total. The largest absolute Gasteiger partial charge is 0.302 e. The van der Waals surface area contributed by atoms with E-state index in [1.54, 1.807) is 6.92 Å². The van der Waals surface area contributed by atoms with E-state index in [-0.39, 0.29) is 0 Å². The summed E-state index contributed by atoms with van der Waals surface area (Å²) in [6.45, 7) is 12.1. The fraction of sp³-hybridized carbons (Fsp3) is 0.929. The van der Waals surface area contributed by atoms with Crippen LogP contribution in [0.15, 0.2) is 0 Å². The first-order chi connectivity index (χ1) is 8.17. The molecule has 1 heterocycles. The molecule has 17 heavy (non-hydrogen) atoms. The third-order valence-electron chi connectivity index (χ3n) is 3.83. The van der Waals surface area contributed by atoms with Crippen LogP contribution in [-0.4, -0.2) is 54.3 Å². The highest BCUT2D eigenvalue weighted by Gasteiger charge is 2.25. The molecule has 0 saturated carbocycles. The van der Waals surface area contributed by atoms with Crippen LogP contribution in [0.3, 0.4) is 0 Å². The number of rotatable bonds is 8. The molecule has 3 heteroatoms. The van der Waals surface area contributed by atoms with Crippen LogP contribution in [0.2, 0.25) is 0 Å². The second-order valence-corrected chi connectivity index (χ2v) is 5.12. The molecule has 0 radical (unpaired) electrons. The zero-order valence-corrected chi connectivity index (χ0v) is 11.7. The smallest absolute Gasteiger partial charge is 0.129 e. The summed E-state index contributed by atoms with van der Waals surface area (Å²) in [7, 11) is 0. The van der Waals surface area contributed by atoms with Crippen LogP contribution in [0.1, 0.15) is 46.5 Å². The normalized spacial score (nSPS) is 21.3. The lowest BCUT2D eigenvalue weighted by Crippen LogP contribution is -2.37. The van der Waals surface area contributed by atoms with Gasteiger partial charge < -0.3 is 9.69 Å². The van der Waals surface area contributed by atoms with Crippen molar-refractivity contribution in [3.8, 4) is 0 Å². The third-order valence-corrected chi connectivity index (χ3v) is 3.83. The monoisotopic (exact) mass is 240 g/mol. The molecule has 0 aromatic rings. The average molecular weight is 240 g/mol. The van der Waals surface area contributed by atoms with Crippen LogP contribution >= 0.6 is 0 Å². The number of likely N-dealkylation sites (tertiary alicyclic amines) is 1. The van der Waals surface area contributed by atoms with Gasteiger partial charge in [-0.25, -0.2) is 0 Å². The minimum absolute atomic E-state index is 0.326. The van der Waals surface area contributed by atoms with Gasteiger partial charge in [-0.05, 0) is 52.4 Å². The van der Waals surface area contributed by atoms with Crippen molar-refractivity contribution in [2.24, 2.45) is 0 Å². The average Bonchev–Trinajstić information content (AvgIpc) is 2.75. The number of carbonyl (C=O) groups excluding carboxylic acids is 1. The molecular weight excluding hydrogens is 212 g/mol. The molecule has 1 fully saturated rings. The number of hydrogen-bond acceptors (Lipinski definition) is 3. The first kappa shape index (κ1) is 14.7. The summed E-state index contributed by atoms with van der Waals surface area (Å²) in [5, 5.41) is 0. The van der Waals surface area contributed by atoms with E-state index < -0.39 is 0 Å². The molecule has 3 nitrogen and oxygen atoms in total. The number of unbranched alkanes of at least 4 members (excludes halogenated alkanes) is 1. The predicted molar refractivity (Wildman–Crippen MR) is 72.3 cm³/mol. The van der Waals surface area contributed by atoms with Crippen LogP contribution in [0.25, 0.3) is 0 Å². The summed E-state index contributed by atoms with van der Waals surface area (Å²) in [4.78, 5) is 16.0. The molecule has 1 unspecified atom stereocenters. The topological polar surface area (TPSA) is 23.6 Å². The van der Waals surface area contributed by atoms with Crippen molar-refractivity contribution >= 4 is 5.78 Å². The molecule has 1 saturated heterocycles. The number of likely N-dealkylation sites (N-methyl/N-ethyl adjacent to an activating group) is 1. The van der Waals surface area contributed by atoms with E-state index in [2.05, 4.69) is 23.6 Å². The Morgan fingerprint density at radius 1 is 1.29 bits per heavy atom. The Kier molecular flexibility index (Phi) is 6.75. The van der Waals surface area contributed by atoms with Crippen LogP contribution in [0.5, 0.6) is 0 Å². The van der Waals surface area contributed by atoms with Gasteiger partial charge in [0.1, 0.15) is 5.78 Å². The third kappa shape index (κ3) is 5.17. The summed E-state index contributed by atoms with van der Waals surface area (Å²) in [6, 6.07) is 0.762. The van der Waals surface area contributed by atoms with Gasteiger partial charge in [-0.3, -0.25) is 4.90 Å². The maximum atomic E-state index is 10.8. The van der Waals surface area contributed by atoms with Crippen molar-refractivity contribution in [3.63, 3.8) is 0 Å². The summed E-state index contributed by atoms with van der Waals surface area (Å²) in [6.07, 6.45) is 4.30. The Hall–Kier alpha value is -0.410. The highest BCUT2D eigenvalue weighted by Crippen LogP contribution is 2.16. The van der Waals surface area contributed by atoms with Gasteiger partial charge in [0.25, 0.3) is 0 Å². The molecule has 1 aliphatic heterocycles. The minimum Gasteiger partial charge on any atom is -0.302 e. The van der Waals surface area contributed by atoms with Crippen LogP contribution in [0.4, 0.5) is 0 Å². The molecule has 100 valence electrons. The zero-order valence-electron chi connectivity index (χ0n) is 11.7. The van der Waals surface area contributed by atoms with E-state index in [4.69, 9.17) is 0 Å². The van der Waals surface area contributed by atoms with Gasteiger partial charge in [-0.15, -0.1) is 0 Å². The minimum atomic E-state index is 0.326. The highest BCUT2D eigenvalue weighted by atomic mass is 16.1. The molecular formula is C14H28N2O. The number of Topliss-reactive ketones (excluding diaryl/α,β-unsaturated/α-hetero) is 1. The molecule has 0 spiro atoms. The Labute approximate surface area is 106 Å². The van der Waals surface area contributed by atoms with E-state index in [1.165, 1.54) is 45.6 Å².